The van der Waals surface area contributed by atoms with Crippen molar-refractivity contribution in [3.63, 3.8) is 0 Å². The van der Waals surface area contributed by atoms with Crippen molar-refractivity contribution >= 4 is 5.69 Å². The highest BCUT2D eigenvalue weighted by Crippen LogP contribution is 2.24. The molecule has 0 amide bonds. The molecule has 1 aromatic carbocycles. The molecule has 1 aliphatic rings. The van der Waals surface area contributed by atoms with Crippen LogP contribution < -0.4 is 5.73 Å². The topological polar surface area (TPSA) is 49.5 Å². The van der Waals surface area contributed by atoms with E-state index in [1.807, 2.05) is 12.1 Å². The normalized spacial score (nSPS) is 21.7. The van der Waals surface area contributed by atoms with Gasteiger partial charge in [-0.3, -0.25) is 4.90 Å². The molecule has 3 nitrogen and oxygen atoms in total. The van der Waals surface area contributed by atoms with E-state index in [9.17, 15) is 5.11 Å². The molecule has 1 unspecified atom stereocenters. The van der Waals surface area contributed by atoms with Crippen molar-refractivity contribution in [1.29, 1.82) is 0 Å². The molecule has 0 aromatic heterocycles. The van der Waals surface area contributed by atoms with Crippen LogP contribution in [0.1, 0.15) is 44.6 Å². The Labute approximate surface area is 110 Å². The summed E-state index contributed by atoms with van der Waals surface area (Å²) in [6.45, 7) is 4.40. The second-order valence-corrected chi connectivity index (χ2v) is 5.28. The molecule has 1 aromatic rings. The first-order valence-electron chi connectivity index (χ1n) is 7.02. The minimum atomic E-state index is 0.182. The second-order valence-electron chi connectivity index (χ2n) is 5.28. The first-order valence-corrected chi connectivity index (χ1v) is 7.02. The number of nitrogens with zero attached hydrogens (tertiary/aromatic N) is 1. The van der Waals surface area contributed by atoms with Crippen LogP contribution >= 0.6 is 0 Å². The summed E-state index contributed by atoms with van der Waals surface area (Å²) in [7, 11) is 0. The van der Waals surface area contributed by atoms with Gasteiger partial charge in [0.15, 0.2) is 0 Å². The van der Waals surface area contributed by atoms with Gasteiger partial charge in [0.05, 0.1) is 5.69 Å². The molecule has 0 bridgehead atoms. The third kappa shape index (κ3) is 3.16. The van der Waals surface area contributed by atoms with Gasteiger partial charge in [-0.15, -0.1) is 0 Å². The lowest BCUT2D eigenvalue weighted by Gasteiger charge is -2.29. The fourth-order valence-corrected chi connectivity index (χ4v) is 2.84. The Morgan fingerprint density at radius 3 is 2.89 bits per heavy atom. The van der Waals surface area contributed by atoms with Crippen LogP contribution in [0.3, 0.4) is 0 Å². The van der Waals surface area contributed by atoms with E-state index in [1.54, 1.807) is 6.07 Å². The van der Waals surface area contributed by atoms with Crippen LogP contribution in [0, 0.1) is 0 Å². The maximum absolute atomic E-state index is 9.45. The van der Waals surface area contributed by atoms with Gasteiger partial charge in [0.1, 0.15) is 5.75 Å². The van der Waals surface area contributed by atoms with Gasteiger partial charge in [-0.25, -0.2) is 0 Å². The minimum absolute atomic E-state index is 0.182. The van der Waals surface area contributed by atoms with Crippen LogP contribution in [0.4, 0.5) is 5.69 Å². The van der Waals surface area contributed by atoms with Crippen LogP contribution in [-0.4, -0.2) is 22.6 Å². The zero-order valence-electron chi connectivity index (χ0n) is 11.2. The van der Waals surface area contributed by atoms with E-state index >= 15 is 0 Å². The molecule has 0 aliphatic carbocycles. The lowest BCUT2D eigenvalue weighted by Crippen LogP contribution is -2.33. The summed E-state index contributed by atoms with van der Waals surface area (Å²) in [6, 6.07) is 6.27. The van der Waals surface area contributed by atoms with Crippen molar-refractivity contribution in [2.24, 2.45) is 0 Å². The van der Waals surface area contributed by atoms with Crippen molar-refractivity contribution < 1.29 is 5.11 Å². The molecule has 2 rings (SSSR count). The summed E-state index contributed by atoms with van der Waals surface area (Å²) in [5.41, 5.74) is 7.44. The number of benzene rings is 1. The van der Waals surface area contributed by atoms with E-state index < -0.39 is 0 Å². The Morgan fingerprint density at radius 2 is 2.17 bits per heavy atom. The molecule has 0 spiro atoms. The molecule has 1 atom stereocenters. The summed E-state index contributed by atoms with van der Waals surface area (Å²) in [6.07, 6.45) is 6.53. The zero-order valence-corrected chi connectivity index (χ0v) is 11.2. The molecule has 18 heavy (non-hydrogen) atoms. The highest BCUT2D eigenvalue weighted by Gasteiger charge is 2.19. The van der Waals surface area contributed by atoms with Gasteiger partial charge in [0.25, 0.3) is 0 Å². The first kappa shape index (κ1) is 13.2. The van der Waals surface area contributed by atoms with Gasteiger partial charge in [-0.2, -0.15) is 0 Å². The number of likely N-dealkylation sites (tertiary alicyclic amines) is 1. The summed E-state index contributed by atoms with van der Waals surface area (Å²) in [5.74, 6) is 0.182. The molecule has 0 saturated carbocycles. The fraction of sp³-hybridized carbons (Fsp3) is 0.600. The number of hydrogen-bond donors (Lipinski definition) is 2. The zero-order chi connectivity index (χ0) is 13.0. The van der Waals surface area contributed by atoms with Gasteiger partial charge >= 0.3 is 0 Å². The summed E-state index contributed by atoms with van der Waals surface area (Å²) >= 11 is 0. The Kier molecular flexibility index (Phi) is 4.48. The van der Waals surface area contributed by atoms with E-state index in [0.717, 1.165) is 6.54 Å². The fourth-order valence-electron chi connectivity index (χ4n) is 2.84. The molecule has 3 N–H and O–H groups in total. The van der Waals surface area contributed by atoms with Crippen LogP contribution in [0.25, 0.3) is 0 Å². The standard InChI is InChI=1S/C15H24N2O/c1-2-13-6-4-3-5-9-17(13)11-12-7-8-15(18)14(16)10-12/h7-8,10,13,18H,2-6,9,11,16H2,1H3. The van der Waals surface area contributed by atoms with Crippen molar-refractivity contribution in [2.45, 2.75) is 51.6 Å². The highest BCUT2D eigenvalue weighted by atomic mass is 16.3. The van der Waals surface area contributed by atoms with Gasteiger partial charge < -0.3 is 10.8 Å². The van der Waals surface area contributed by atoms with Gasteiger partial charge in [-0.05, 0) is 43.5 Å². The van der Waals surface area contributed by atoms with E-state index in [4.69, 9.17) is 5.73 Å². The average molecular weight is 248 g/mol. The van der Waals surface area contributed by atoms with Crippen LogP contribution in [0.5, 0.6) is 5.75 Å². The van der Waals surface area contributed by atoms with Crippen molar-refractivity contribution in [1.82, 2.24) is 4.90 Å². The van der Waals surface area contributed by atoms with Crippen molar-refractivity contribution in [3.05, 3.63) is 23.8 Å². The van der Waals surface area contributed by atoms with E-state index in [-0.39, 0.29) is 5.75 Å². The third-order valence-electron chi connectivity index (χ3n) is 3.95. The van der Waals surface area contributed by atoms with Crippen LogP contribution in [-0.2, 0) is 6.54 Å². The van der Waals surface area contributed by atoms with Crippen molar-refractivity contribution in [3.8, 4) is 5.75 Å². The number of phenolic OH excluding ortho intramolecular Hbond substituents is 1. The number of phenols is 1. The number of nitrogens with two attached hydrogens (primary N) is 1. The monoisotopic (exact) mass is 248 g/mol. The first-order chi connectivity index (χ1) is 8.70. The number of rotatable bonds is 3. The predicted molar refractivity (Wildman–Crippen MR) is 75.5 cm³/mol. The molecular formula is C15H24N2O. The molecule has 3 heteroatoms. The molecule has 1 heterocycles. The predicted octanol–water partition coefficient (Wildman–Crippen LogP) is 3.13. The Morgan fingerprint density at radius 1 is 1.33 bits per heavy atom. The Hall–Kier alpha value is -1.22. The maximum atomic E-state index is 9.45. The van der Waals surface area contributed by atoms with Crippen molar-refractivity contribution in [2.75, 3.05) is 12.3 Å². The van der Waals surface area contributed by atoms with E-state index in [1.165, 1.54) is 44.2 Å². The third-order valence-corrected chi connectivity index (χ3v) is 3.95. The largest absolute Gasteiger partial charge is 0.506 e. The van der Waals surface area contributed by atoms with E-state index in [0.29, 0.717) is 11.7 Å². The number of nitrogen functional groups attached to an aromatic ring is 1. The minimum Gasteiger partial charge on any atom is -0.506 e. The lowest BCUT2D eigenvalue weighted by atomic mass is 10.1. The number of hydrogen-bond acceptors (Lipinski definition) is 3. The van der Waals surface area contributed by atoms with Crippen LogP contribution in [0.2, 0.25) is 0 Å². The Balaban J connectivity index is 2.07. The summed E-state index contributed by atoms with van der Waals surface area (Å²) in [4.78, 5) is 2.57. The quantitative estimate of drug-likeness (QED) is 0.638. The van der Waals surface area contributed by atoms with Gasteiger partial charge in [-0.1, -0.05) is 25.8 Å². The number of anilines is 1. The molecular weight excluding hydrogens is 224 g/mol. The van der Waals surface area contributed by atoms with Gasteiger partial charge in [0, 0.05) is 12.6 Å². The highest BCUT2D eigenvalue weighted by molar-refractivity contribution is 5.53. The maximum Gasteiger partial charge on any atom is 0.138 e. The summed E-state index contributed by atoms with van der Waals surface area (Å²) < 4.78 is 0. The van der Waals surface area contributed by atoms with E-state index in [2.05, 4.69) is 11.8 Å². The number of aromatic hydroxyl groups is 1. The molecule has 100 valence electrons. The lowest BCUT2D eigenvalue weighted by molar-refractivity contribution is 0.186. The SMILES string of the molecule is CCC1CCCCCN1Cc1ccc(O)c(N)c1. The smallest absolute Gasteiger partial charge is 0.138 e. The molecule has 1 aliphatic heterocycles. The second kappa shape index (κ2) is 6.10. The summed E-state index contributed by atoms with van der Waals surface area (Å²) in [5, 5.41) is 9.45. The Bertz CT molecular complexity index is 392. The average Bonchev–Trinajstić information content (AvgIpc) is 2.59. The molecule has 1 saturated heterocycles. The van der Waals surface area contributed by atoms with Gasteiger partial charge in [0.2, 0.25) is 0 Å². The van der Waals surface area contributed by atoms with Crippen LogP contribution in [0.15, 0.2) is 18.2 Å². The molecule has 1 fully saturated rings. The molecule has 0 radical (unpaired) electrons.